The first-order valence-electron chi connectivity index (χ1n) is 4.69. The minimum Gasteiger partial charge on any atom is -0.365 e. The molecule has 1 saturated carbocycles. The van der Waals surface area contributed by atoms with Gasteiger partial charge in [-0.2, -0.15) is 0 Å². The van der Waals surface area contributed by atoms with E-state index in [9.17, 15) is 0 Å². The molecule has 3 unspecified atom stereocenters. The van der Waals surface area contributed by atoms with Gasteiger partial charge in [-0.3, -0.25) is 0 Å². The molecule has 4 atom stereocenters. The molecule has 60 valence electrons. The second-order valence-corrected chi connectivity index (χ2v) is 4.17. The predicted molar refractivity (Wildman–Crippen MR) is 44.6 cm³/mol. The molecule has 1 aromatic rings. The summed E-state index contributed by atoms with van der Waals surface area (Å²) in [4.78, 5) is 0. The lowest BCUT2D eigenvalue weighted by molar-refractivity contribution is 0.0392. The lowest BCUT2D eigenvalue weighted by Gasteiger charge is -2.08. The van der Waals surface area contributed by atoms with Crippen molar-refractivity contribution >= 4 is 0 Å². The average Bonchev–Trinajstić information content (AvgIpc) is 2.74. The summed E-state index contributed by atoms with van der Waals surface area (Å²) >= 11 is 0. The summed E-state index contributed by atoms with van der Waals surface area (Å²) in [5.74, 6) is 1.76. The van der Waals surface area contributed by atoms with Gasteiger partial charge in [-0.15, -0.1) is 0 Å². The van der Waals surface area contributed by atoms with Crippen LogP contribution in [0.5, 0.6) is 0 Å². The van der Waals surface area contributed by atoms with Gasteiger partial charge in [-0.05, 0) is 29.4 Å². The molecule has 1 saturated heterocycles. The van der Waals surface area contributed by atoms with E-state index in [0.717, 1.165) is 11.8 Å². The van der Waals surface area contributed by atoms with E-state index in [4.69, 9.17) is 4.74 Å². The Hall–Kier alpha value is -0.820. The zero-order valence-electron chi connectivity index (χ0n) is 6.73. The van der Waals surface area contributed by atoms with Crippen molar-refractivity contribution in [3.63, 3.8) is 0 Å². The summed E-state index contributed by atoms with van der Waals surface area (Å²) in [6.07, 6.45) is 2.34. The molecule has 1 nitrogen and oxygen atoms in total. The number of ether oxygens (including phenoxy) is 1. The highest BCUT2D eigenvalue weighted by Gasteiger charge is 2.61. The Kier molecular flexibility index (Phi) is 0.767. The SMILES string of the molecule is c1ccc2c(c1)C1O[C@H]2C2CC12. The fraction of sp³-hybridized carbons (Fsp3) is 0.455. The summed E-state index contributed by atoms with van der Waals surface area (Å²) < 4.78 is 5.90. The molecule has 1 heteroatoms. The van der Waals surface area contributed by atoms with Gasteiger partial charge in [0.05, 0.1) is 12.2 Å². The zero-order chi connectivity index (χ0) is 7.71. The summed E-state index contributed by atoms with van der Waals surface area (Å²) in [6, 6.07) is 8.71. The molecular formula is C11H10O. The van der Waals surface area contributed by atoms with Crippen LogP contribution in [0, 0.1) is 11.8 Å². The van der Waals surface area contributed by atoms with Crippen molar-refractivity contribution in [2.75, 3.05) is 0 Å². The van der Waals surface area contributed by atoms with Crippen LogP contribution in [0.15, 0.2) is 24.3 Å². The number of benzene rings is 1. The van der Waals surface area contributed by atoms with Crippen molar-refractivity contribution in [3.8, 4) is 0 Å². The summed E-state index contributed by atoms with van der Waals surface area (Å²) in [6.45, 7) is 0. The van der Waals surface area contributed by atoms with Crippen LogP contribution in [0.1, 0.15) is 29.8 Å². The van der Waals surface area contributed by atoms with Crippen molar-refractivity contribution in [1.29, 1.82) is 0 Å². The third-order valence-corrected chi connectivity index (χ3v) is 3.57. The van der Waals surface area contributed by atoms with Crippen molar-refractivity contribution in [2.45, 2.75) is 18.6 Å². The molecule has 0 amide bonds. The molecule has 0 aromatic heterocycles. The van der Waals surface area contributed by atoms with Gasteiger partial charge in [0.15, 0.2) is 0 Å². The maximum atomic E-state index is 5.90. The van der Waals surface area contributed by atoms with Crippen LogP contribution in [0.2, 0.25) is 0 Å². The molecule has 2 fully saturated rings. The van der Waals surface area contributed by atoms with Crippen molar-refractivity contribution in [3.05, 3.63) is 35.4 Å². The number of rotatable bonds is 0. The van der Waals surface area contributed by atoms with E-state index in [1.807, 2.05) is 0 Å². The van der Waals surface area contributed by atoms with Gasteiger partial charge in [0.1, 0.15) is 0 Å². The number of hydrogen-bond donors (Lipinski definition) is 0. The second-order valence-electron chi connectivity index (χ2n) is 4.17. The zero-order valence-corrected chi connectivity index (χ0v) is 6.73. The van der Waals surface area contributed by atoms with Gasteiger partial charge < -0.3 is 4.74 Å². The molecule has 0 spiro atoms. The van der Waals surface area contributed by atoms with E-state index in [-0.39, 0.29) is 0 Å². The maximum absolute atomic E-state index is 5.90. The van der Waals surface area contributed by atoms with Crippen molar-refractivity contribution in [2.24, 2.45) is 11.8 Å². The van der Waals surface area contributed by atoms with Crippen LogP contribution in [-0.2, 0) is 4.74 Å². The summed E-state index contributed by atoms with van der Waals surface area (Å²) in [7, 11) is 0. The van der Waals surface area contributed by atoms with Crippen LogP contribution in [0.25, 0.3) is 0 Å². The molecule has 2 heterocycles. The first-order chi connectivity index (χ1) is 5.95. The van der Waals surface area contributed by atoms with E-state index >= 15 is 0 Å². The largest absolute Gasteiger partial charge is 0.365 e. The average molecular weight is 158 g/mol. The monoisotopic (exact) mass is 158 g/mol. The van der Waals surface area contributed by atoms with Gasteiger partial charge >= 0.3 is 0 Å². The van der Waals surface area contributed by atoms with Gasteiger partial charge in [0.25, 0.3) is 0 Å². The predicted octanol–water partition coefficient (Wildman–Crippen LogP) is 2.45. The van der Waals surface area contributed by atoms with E-state index in [1.165, 1.54) is 17.5 Å². The summed E-state index contributed by atoms with van der Waals surface area (Å²) in [5, 5.41) is 0. The van der Waals surface area contributed by atoms with Crippen molar-refractivity contribution < 1.29 is 4.74 Å². The fourth-order valence-electron chi connectivity index (χ4n) is 2.93. The minimum absolute atomic E-state index is 0.469. The lowest BCUT2D eigenvalue weighted by atomic mass is 9.92. The normalized spacial score (nSPS) is 45.7. The van der Waals surface area contributed by atoms with Gasteiger partial charge in [-0.1, -0.05) is 24.3 Å². The van der Waals surface area contributed by atoms with Gasteiger partial charge in [0, 0.05) is 0 Å². The highest BCUT2D eigenvalue weighted by molar-refractivity contribution is 5.41. The van der Waals surface area contributed by atoms with E-state index < -0.39 is 0 Å². The smallest absolute Gasteiger partial charge is 0.0869 e. The molecule has 4 rings (SSSR count). The van der Waals surface area contributed by atoms with Crippen molar-refractivity contribution in [1.82, 2.24) is 0 Å². The first kappa shape index (κ1) is 5.76. The Morgan fingerprint density at radius 2 is 1.58 bits per heavy atom. The van der Waals surface area contributed by atoms with Gasteiger partial charge in [0.2, 0.25) is 0 Å². The first-order valence-corrected chi connectivity index (χ1v) is 4.69. The molecule has 12 heavy (non-hydrogen) atoms. The van der Waals surface area contributed by atoms with E-state index in [1.54, 1.807) is 0 Å². The fourth-order valence-corrected chi connectivity index (χ4v) is 2.93. The van der Waals surface area contributed by atoms with Crippen LogP contribution < -0.4 is 0 Å². The quantitative estimate of drug-likeness (QED) is 0.563. The standard InChI is InChI=1S/C11H10O/c1-2-4-7-6(3-1)10-8-5-9(8)11(7)12-10/h1-4,8-11H,5H2/t8?,9?,10-,11?/m1/s1. The van der Waals surface area contributed by atoms with Crippen LogP contribution in [-0.4, -0.2) is 0 Å². The number of fused-ring (bicyclic) bond motifs is 8. The second kappa shape index (κ2) is 1.60. The Bertz CT molecular complexity index is 325. The maximum Gasteiger partial charge on any atom is 0.0869 e. The third-order valence-electron chi connectivity index (χ3n) is 3.57. The van der Waals surface area contributed by atoms with Crippen LogP contribution in [0.3, 0.4) is 0 Å². The Balaban J connectivity index is 2.01. The Morgan fingerprint density at radius 3 is 2.17 bits per heavy atom. The minimum atomic E-state index is 0.469. The van der Waals surface area contributed by atoms with E-state index in [2.05, 4.69) is 24.3 Å². The van der Waals surface area contributed by atoms with Crippen LogP contribution >= 0.6 is 0 Å². The molecule has 3 aliphatic rings. The topological polar surface area (TPSA) is 9.23 Å². The lowest BCUT2D eigenvalue weighted by Crippen LogP contribution is -1.99. The van der Waals surface area contributed by atoms with E-state index in [0.29, 0.717) is 12.2 Å². The molecule has 1 aliphatic carbocycles. The van der Waals surface area contributed by atoms with Gasteiger partial charge in [-0.25, -0.2) is 0 Å². The Morgan fingerprint density at radius 1 is 1.00 bits per heavy atom. The molecular weight excluding hydrogens is 148 g/mol. The molecule has 2 aliphatic heterocycles. The molecule has 0 N–H and O–H groups in total. The molecule has 2 bridgehead atoms. The Labute approximate surface area is 71.4 Å². The highest BCUT2D eigenvalue weighted by Crippen LogP contribution is 2.68. The summed E-state index contributed by atoms with van der Waals surface area (Å²) in [5.41, 5.74) is 2.95. The highest BCUT2D eigenvalue weighted by atomic mass is 16.5. The number of hydrogen-bond acceptors (Lipinski definition) is 1. The third kappa shape index (κ3) is 0.469. The molecule has 0 radical (unpaired) electrons. The molecule has 1 aromatic carbocycles. The van der Waals surface area contributed by atoms with Crippen LogP contribution in [0.4, 0.5) is 0 Å².